The summed E-state index contributed by atoms with van der Waals surface area (Å²) < 4.78 is 10.8. The molecular formula is C17H17NO3. The number of rotatable bonds is 3. The normalized spacial score (nSPS) is 12.1. The van der Waals surface area contributed by atoms with Gasteiger partial charge in [0, 0.05) is 11.1 Å². The second-order valence-corrected chi connectivity index (χ2v) is 4.85. The van der Waals surface area contributed by atoms with Crippen LogP contribution in [-0.4, -0.2) is 17.6 Å². The highest BCUT2D eigenvalue weighted by Gasteiger charge is 2.23. The molecule has 0 amide bonds. The van der Waals surface area contributed by atoms with Gasteiger partial charge in [-0.2, -0.15) is 0 Å². The van der Waals surface area contributed by atoms with Crippen LogP contribution in [0.25, 0.3) is 11.3 Å². The number of ether oxygens (including phenoxy) is 2. The summed E-state index contributed by atoms with van der Waals surface area (Å²) in [5.74, 6) is 0.520. The molecule has 0 aliphatic carbocycles. The lowest BCUT2D eigenvalue weighted by Crippen LogP contribution is -2.14. The summed E-state index contributed by atoms with van der Waals surface area (Å²) in [6.45, 7) is 4.57. The largest absolute Gasteiger partial charge is 0.488 e. The van der Waals surface area contributed by atoms with E-state index in [9.17, 15) is 4.79 Å². The van der Waals surface area contributed by atoms with E-state index in [1.807, 2.05) is 37.3 Å². The highest BCUT2D eigenvalue weighted by molar-refractivity contribution is 5.91. The van der Waals surface area contributed by atoms with E-state index in [0.29, 0.717) is 25.2 Å². The number of para-hydroxylation sites is 1. The molecule has 21 heavy (non-hydrogen) atoms. The second-order valence-electron chi connectivity index (χ2n) is 4.85. The topological polar surface area (TPSA) is 48.4 Å². The molecule has 0 spiro atoms. The van der Waals surface area contributed by atoms with E-state index in [1.54, 1.807) is 6.92 Å². The number of pyridine rings is 1. The Morgan fingerprint density at radius 2 is 2.14 bits per heavy atom. The number of hydrogen-bond donors (Lipinski definition) is 0. The first-order valence-electron chi connectivity index (χ1n) is 7.16. The summed E-state index contributed by atoms with van der Waals surface area (Å²) in [5, 5.41) is 0. The van der Waals surface area contributed by atoms with Gasteiger partial charge in [0.15, 0.2) is 0 Å². The van der Waals surface area contributed by atoms with Crippen molar-refractivity contribution >= 4 is 5.97 Å². The maximum absolute atomic E-state index is 12.1. The van der Waals surface area contributed by atoms with Gasteiger partial charge in [0.2, 0.25) is 0 Å². The molecule has 0 saturated heterocycles. The third-order valence-corrected chi connectivity index (χ3v) is 3.54. The summed E-state index contributed by atoms with van der Waals surface area (Å²) in [5.41, 5.74) is 4.12. The fourth-order valence-corrected chi connectivity index (χ4v) is 2.53. The number of benzene rings is 1. The Bertz CT molecular complexity index is 694. The number of carbonyl (C=O) groups excluding carboxylic acids is 1. The minimum Gasteiger partial charge on any atom is -0.488 e. The molecular weight excluding hydrogens is 266 g/mol. The van der Waals surface area contributed by atoms with Crippen molar-refractivity contribution in [3.63, 3.8) is 0 Å². The third kappa shape index (κ3) is 2.37. The molecule has 1 aromatic carbocycles. The first-order valence-corrected chi connectivity index (χ1v) is 7.16. The highest BCUT2D eigenvalue weighted by Crippen LogP contribution is 2.36. The molecule has 0 fully saturated rings. The maximum Gasteiger partial charge on any atom is 0.339 e. The summed E-state index contributed by atoms with van der Waals surface area (Å²) >= 11 is 0. The van der Waals surface area contributed by atoms with Crippen LogP contribution in [0.1, 0.15) is 35.5 Å². The van der Waals surface area contributed by atoms with Crippen LogP contribution < -0.4 is 4.74 Å². The lowest BCUT2D eigenvalue weighted by molar-refractivity contribution is 0.0524. The van der Waals surface area contributed by atoms with E-state index in [0.717, 1.165) is 28.3 Å². The standard InChI is InChI=1S/C17H17NO3/c1-3-14-13(17(19)20-4-2)9-11-10-21-15-8-6-5-7-12(15)16(11)18-14/h5-9H,3-4,10H2,1-2H3. The zero-order valence-corrected chi connectivity index (χ0v) is 12.2. The number of aryl methyl sites for hydroxylation is 1. The fraction of sp³-hybridized carbons (Fsp3) is 0.294. The van der Waals surface area contributed by atoms with Crippen molar-refractivity contribution in [3.05, 3.63) is 47.2 Å². The van der Waals surface area contributed by atoms with Crippen LogP contribution >= 0.6 is 0 Å². The van der Waals surface area contributed by atoms with Crippen LogP contribution in [0.3, 0.4) is 0 Å². The number of fused-ring (bicyclic) bond motifs is 3. The molecule has 4 nitrogen and oxygen atoms in total. The van der Waals surface area contributed by atoms with Gasteiger partial charge in [-0.15, -0.1) is 0 Å². The monoisotopic (exact) mass is 283 g/mol. The van der Waals surface area contributed by atoms with Crippen molar-refractivity contribution in [3.8, 4) is 17.0 Å². The Morgan fingerprint density at radius 1 is 1.33 bits per heavy atom. The molecule has 0 saturated carbocycles. The summed E-state index contributed by atoms with van der Waals surface area (Å²) in [4.78, 5) is 16.7. The molecule has 1 aromatic heterocycles. The summed E-state index contributed by atoms with van der Waals surface area (Å²) in [7, 11) is 0. The highest BCUT2D eigenvalue weighted by atomic mass is 16.5. The third-order valence-electron chi connectivity index (χ3n) is 3.54. The van der Waals surface area contributed by atoms with E-state index < -0.39 is 0 Å². The van der Waals surface area contributed by atoms with Crippen LogP contribution in [0.5, 0.6) is 5.75 Å². The number of carbonyl (C=O) groups is 1. The average Bonchev–Trinajstić information content (AvgIpc) is 2.53. The predicted molar refractivity (Wildman–Crippen MR) is 79.3 cm³/mol. The number of esters is 1. The van der Waals surface area contributed by atoms with Gasteiger partial charge in [0.05, 0.1) is 23.6 Å². The zero-order chi connectivity index (χ0) is 14.8. The Morgan fingerprint density at radius 3 is 2.90 bits per heavy atom. The van der Waals surface area contributed by atoms with E-state index in [4.69, 9.17) is 14.5 Å². The second kappa shape index (κ2) is 5.56. The minimum absolute atomic E-state index is 0.316. The van der Waals surface area contributed by atoms with Crippen molar-refractivity contribution in [2.24, 2.45) is 0 Å². The molecule has 4 heteroatoms. The van der Waals surface area contributed by atoms with Gasteiger partial charge in [-0.3, -0.25) is 4.98 Å². The van der Waals surface area contributed by atoms with Gasteiger partial charge in [-0.05, 0) is 31.5 Å². The Balaban J connectivity index is 2.13. The number of aromatic nitrogens is 1. The first kappa shape index (κ1) is 13.6. The molecule has 1 aliphatic rings. The number of hydrogen-bond acceptors (Lipinski definition) is 4. The van der Waals surface area contributed by atoms with Crippen molar-refractivity contribution in [1.29, 1.82) is 0 Å². The fourth-order valence-electron chi connectivity index (χ4n) is 2.53. The molecule has 0 radical (unpaired) electrons. The quantitative estimate of drug-likeness (QED) is 0.810. The Hall–Kier alpha value is -2.36. The molecule has 0 unspecified atom stereocenters. The van der Waals surface area contributed by atoms with E-state index in [2.05, 4.69) is 0 Å². The molecule has 108 valence electrons. The minimum atomic E-state index is -0.316. The van der Waals surface area contributed by atoms with Crippen molar-refractivity contribution in [2.75, 3.05) is 6.61 Å². The average molecular weight is 283 g/mol. The first-order chi connectivity index (χ1) is 10.2. The molecule has 2 aromatic rings. The predicted octanol–water partition coefficient (Wildman–Crippen LogP) is 3.38. The van der Waals surface area contributed by atoms with Gasteiger partial charge in [-0.25, -0.2) is 4.79 Å². The van der Waals surface area contributed by atoms with Gasteiger partial charge in [0.25, 0.3) is 0 Å². The van der Waals surface area contributed by atoms with E-state index in [-0.39, 0.29) is 5.97 Å². The molecule has 1 aliphatic heterocycles. The van der Waals surface area contributed by atoms with Crippen molar-refractivity contribution in [2.45, 2.75) is 26.9 Å². The smallest absolute Gasteiger partial charge is 0.339 e. The van der Waals surface area contributed by atoms with E-state index in [1.165, 1.54) is 0 Å². The Labute approximate surface area is 123 Å². The van der Waals surface area contributed by atoms with Crippen LogP contribution in [0.15, 0.2) is 30.3 Å². The molecule has 0 atom stereocenters. The zero-order valence-electron chi connectivity index (χ0n) is 12.2. The summed E-state index contributed by atoms with van der Waals surface area (Å²) in [6, 6.07) is 9.69. The Kier molecular flexibility index (Phi) is 3.60. The van der Waals surface area contributed by atoms with Crippen LogP contribution in [0, 0.1) is 0 Å². The van der Waals surface area contributed by atoms with Gasteiger partial charge >= 0.3 is 5.97 Å². The van der Waals surface area contributed by atoms with Crippen molar-refractivity contribution in [1.82, 2.24) is 4.98 Å². The van der Waals surface area contributed by atoms with Crippen molar-refractivity contribution < 1.29 is 14.3 Å². The number of nitrogens with zero attached hydrogens (tertiary/aromatic N) is 1. The SMILES string of the molecule is CCOC(=O)c1cc2c(nc1CC)-c1ccccc1OC2. The lowest BCUT2D eigenvalue weighted by atomic mass is 9.99. The van der Waals surface area contributed by atoms with Gasteiger partial charge < -0.3 is 9.47 Å². The molecule has 2 heterocycles. The lowest BCUT2D eigenvalue weighted by Gasteiger charge is -2.21. The molecule has 0 bridgehead atoms. The van der Waals surface area contributed by atoms with Gasteiger partial charge in [-0.1, -0.05) is 19.1 Å². The summed E-state index contributed by atoms with van der Waals surface area (Å²) in [6.07, 6.45) is 0.685. The van der Waals surface area contributed by atoms with E-state index >= 15 is 0 Å². The van der Waals surface area contributed by atoms with Gasteiger partial charge in [0.1, 0.15) is 12.4 Å². The van der Waals surface area contributed by atoms with Crippen LogP contribution in [0.2, 0.25) is 0 Å². The van der Waals surface area contributed by atoms with Crippen LogP contribution in [0.4, 0.5) is 0 Å². The molecule has 3 rings (SSSR count). The maximum atomic E-state index is 12.1. The van der Waals surface area contributed by atoms with Crippen LogP contribution in [-0.2, 0) is 17.8 Å². The molecule has 0 N–H and O–H groups in total.